The lowest BCUT2D eigenvalue weighted by Crippen LogP contribution is -2.17. The van der Waals surface area contributed by atoms with Gasteiger partial charge in [-0.15, -0.1) is 10.2 Å². The molecule has 0 saturated carbocycles. The topological polar surface area (TPSA) is 55.6 Å². The van der Waals surface area contributed by atoms with Gasteiger partial charge in [-0.1, -0.05) is 13.8 Å². The first-order valence-electron chi connectivity index (χ1n) is 6.53. The van der Waals surface area contributed by atoms with Crippen LogP contribution in [0.4, 0.5) is 19.0 Å². The highest BCUT2D eigenvalue weighted by Crippen LogP contribution is 2.33. The van der Waals surface area contributed by atoms with Crippen LogP contribution in [0.5, 0.6) is 0 Å². The van der Waals surface area contributed by atoms with Crippen LogP contribution in [0.1, 0.15) is 31.2 Å². The van der Waals surface area contributed by atoms with Crippen molar-refractivity contribution in [2.75, 3.05) is 11.9 Å². The summed E-state index contributed by atoms with van der Waals surface area (Å²) < 4.78 is 40.3. The summed E-state index contributed by atoms with van der Waals surface area (Å²) in [6, 6.07) is 2.28. The molecular weight excluding hydrogens is 283 g/mol. The molecule has 2 heterocycles. The van der Waals surface area contributed by atoms with Crippen LogP contribution in [-0.4, -0.2) is 26.3 Å². The molecule has 0 amide bonds. The normalized spacial score (nSPS) is 11.9. The maximum atomic E-state index is 12.8. The molecule has 2 aromatic rings. The molecule has 114 valence electrons. The molecule has 2 aromatic heterocycles. The Bertz CT molecular complexity index is 591. The van der Waals surface area contributed by atoms with Gasteiger partial charge in [0.05, 0.1) is 5.56 Å². The first kappa shape index (κ1) is 15.3. The Hall–Kier alpha value is -2.12. The average Bonchev–Trinajstić information content (AvgIpc) is 2.87. The number of alkyl halides is 3. The number of aromatic nitrogens is 4. The van der Waals surface area contributed by atoms with E-state index in [9.17, 15) is 13.2 Å². The van der Waals surface area contributed by atoms with Gasteiger partial charge in [0.2, 0.25) is 0 Å². The van der Waals surface area contributed by atoms with Crippen molar-refractivity contribution in [2.45, 2.75) is 32.5 Å². The predicted molar refractivity (Wildman–Crippen MR) is 71.8 cm³/mol. The molecule has 0 spiro atoms. The van der Waals surface area contributed by atoms with Gasteiger partial charge in [0, 0.05) is 25.2 Å². The molecule has 5 nitrogen and oxygen atoms in total. The quantitative estimate of drug-likeness (QED) is 0.922. The molecule has 21 heavy (non-hydrogen) atoms. The number of hydrogen-bond donors (Lipinski definition) is 1. The molecule has 0 atom stereocenters. The van der Waals surface area contributed by atoms with Crippen molar-refractivity contribution in [3.05, 3.63) is 36.0 Å². The fraction of sp³-hybridized carbons (Fsp3) is 0.462. The maximum absolute atomic E-state index is 12.8. The molecular formula is C13H16F3N5. The predicted octanol–water partition coefficient (Wildman–Crippen LogP) is 2.93. The van der Waals surface area contributed by atoms with E-state index in [0.29, 0.717) is 13.1 Å². The summed E-state index contributed by atoms with van der Waals surface area (Å²) in [7, 11) is 0. The second-order valence-corrected chi connectivity index (χ2v) is 4.86. The number of pyridine rings is 1. The average molecular weight is 299 g/mol. The fourth-order valence-corrected chi connectivity index (χ4v) is 1.95. The molecule has 0 aliphatic heterocycles. The van der Waals surface area contributed by atoms with Gasteiger partial charge in [0.1, 0.15) is 18.0 Å². The second-order valence-electron chi connectivity index (χ2n) is 4.86. The van der Waals surface area contributed by atoms with Crippen molar-refractivity contribution in [3.63, 3.8) is 0 Å². The van der Waals surface area contributed by atoms with E-state index in [0.717, 1.165) is 11.9 Å². The number of anilines is 1. The molecule has 0 saturated heterocycles. The van der Waals surface area contributed by atoms with Gasteiger partial charge in [0.25, 0.3) is 0 Å². The SMILES string of the molecule is CC(C)c1nncn1CCNc1ncccc1C(F)(F)F. The third kappa shape index (κ3) is 3.71. The molecule has 0 fully saturated rings. The van der Waals surface area contributed by atoms with E-state index in [1.54, 1.807) is 6.33 Å². The number of rotatable bonds is 5. The van der Waals surface area contributed by atoms with Gasteiger partial charge < -0.3 is 9.88 Å². The van der Waals surface area contributed by atoms with Gasteiger partial charge in [-0.25, -0.2) is 4.98 Å². The number of hydrogen-bond acceptors (Lipinski definition) is 4. The van der Waals surface area contributed by atoms with E-state index in [2.05, 4.69) is 20.5 Å². The lowest BCUT2D eigenvalue weighted by molar-refractivity contribution is -0.137. The standard InChI is InChI=1S/C13H16F3N5/c1-9(2)12-20-19-8-21(12)7-6-18-11-10(13(14,15)16)4-3-5-17-11/h3-5,8-9H,6-7H2,1-2H3,(H,17,18). The number of nitrogens with one attached hydrogen (secondary N) is 1. The summed E-state index contributed by atoms with van der Waals surface area (Å²) in [4.78, 5) is 3.75. The molecule has 8 heteroatoms. The molecule has 0 bridgehead atoms. The highest BCUT2D eigenvalue weighted by atomic mass is 19.4. The van der Waals surface area contributed by atoms with Crippen LogP contribution in [-0.2, 0) is 12.7 Å². The van der Waals surface area contributed by atoms with Crippen LogP contribution in [0.2, 0.25) is 0 Å². The Morgan fingerprint density at radius 1 is 1.33 bits per heavy atom. The summed E-state index contributed by atoms with van der Waals surface area (Å²) in [5.74, 6) is 0.839. The van der Waals surface area contributed by atoms with Gasteiger partial charge >= 0.3 is 6.18 Å². The zero-order valence-corrected chi connectivity index (χ0v) is 11.7. The second kappa shape index (κ2) is 6.11. The largest absolute Gasteiger partial charge is 0.419 e. The van der Waals surface area contributed by atoms with Crippen LogP contribution < -0.4 is 5.32 Å². The van der Waals surface area contributed by atoms with Gasteiger partial charge in [-0.2, -0.15) is 13.2 Å². The Balaban J connectivity index is 2.03. The third-order valence-corrected chi connectivity index (χ3v) is 2.92. The monoisotopic (exact) mass is 299 g/mol. The van der Waals surface area contributed by atoms with Crippen LogP contribution in [0, 0.1) is 0 Å². The lowest BCUT2D eigenvalue weighted by atomic mass is 10.2. The Morgan fingerprint density at radius 3 is 2.76 bits per heavy atom. The Kier molecular flexibility index (Phi) is 4.44. The van der Waals surface area contributed by atoms with Crippen molar-refractivity contribution >= 4 is 5.82 Å². The summed E-state index contributed by atoms with van der Waals surface area (Å²) >= 11 is 0. The molecule has 0 unspecified atom stereocenters. The first-order valence-corrected chi connectivity index (χ1v) is 6.53. The van der Waals surface area contributed by atoms with Crippen molar-refractivity contribution in [2.24, 2.45) is 0 Å². The molecule has 1 N–H and O–H groups in total. The van der Waals surface area contributed by atoms with E-state index in [4.69, 9.17) is 0 Å². The number of nitrogens with zero attached hydrogens (tertiary/aromatic N) is 4. The summed E-state index contributed by atoms with van der Waals surface area (Å²) in [6.45, 7) is 4.73. The van der Waals surface area contributed by atoms with Gasteiger partial charge in [0.15, 0.2) is 0 Å². The van der Waals surface area contributed by atoms with Gasteiger partial charge in [-0.3, -0.25) is 0 Å². The molecule has 0 aliphatic rings. The Labute approximate surface area is 120 Å². The van der Waals surface area contributed by atoms with Crippen molar-refractivity contribution in [1.82, 2.24) is 19.7 Å². The molecule has 0 radical (unpaired) electrons. The maximum Gasteiger partial charge on any atom is 0.419 e. The first-order chi connectivity index (χ1) is 9.89. The Morgan fingerprint density at radius 2 is 2.10 bits per heavy atom. The van der Waals surface area contributed by atoms with Gasteiger partial charge in [-0.05, 0) is 12.1 Å². The molecule has 0 aliphatic carbocycles. The minimum atomic E-state index is -4.42. The molecule has 0 aromatic carbocycles. The lowest BCUT2D eigenvalue weighted by Gasteiger charge is -2.14. The van der Waals surface area contributed by atoms with Crippen LogP contribution in [0.15, 0.2) is 24.7 Å². The zero-order chi connectivity index (χ0) is 15.5. The highest BCUT2D eigenvalue weighted by molar-refractivity contribution is 5.45. The minimum absolute atomic E-state index is 0.163. The van der Waals surface area contributed by atoms with Crippen molar-refractivity contribution < 1.29 is 13.2 Å². The smallest absolute Gasteiger partial charge is 0.368 e. The highest BCUT2D eigenvalue weighted by Gasteiger charge is 2.33. The summed E-state index contributed by atoms with van der Waals surface area (Å²) in [5.41, 5.74) is -0.766. The fourth-order valence-electron chi connectivity index (χ4n) is 1.95. The summed E-state index contributed by atoms with van der Waals surface area (Å²) in [6.07, 6.45) is -1.52. The number of halogens is 3. The zero-order valence-electron chi connectivity index (χ0n) is 11.7. The van der Waals surface area contributed by atoms with E-state index in [1.165, 1.54) is 12.3 Å². The van der Waals surface area contributed by atoms with E-state index < -0.39 is 11.7 Å². The van der Waals surface area contributed by atoms with E-state index in [1.807, 2.05) is 18.4 Å². The van der Waals surface area contributed by atoms with Crippen LogP contribution in [0.25, 0.3) is 0 Å². The summed E-state index contributed by atoms with van der Waals surface area (Å²) in [5, 5.41) is 10.5. The minimum Gasteiger partial charge on any atom is -0.368 e. The third-order valence-electron chi connectivity index (χ3n) is 2.92. The van der Waals surface area contributed by atoms with E-state index >= 15 is 0 Å². The van der Waals surface area contributed by atoms with E-state index in [-0.39, 0.29) is 11.7 Å². The van der Waals surface area contributed by atoms with Crippen LogP contribution in [0.3, 0.4) is 0 Å². The van der Waals surface area contributed by atoms with Crippen molar-refractivity contribution in [3.8, 4) is 0 Å². The van der Waals surface area contributed by atoms with Crippen molar-refractivity contribution in [1.29, 1.82) is 0 Å². The molecule has 2 rings (SSSR count). The van der Waals surface area contributed by atoms with Crippen LogP contribution >= 0.6 is 0 Å².